The molecule has 102 valence electrons. The fraction of sp³-hybridized carbons (Fsp3) is 0.786. The molecule has 1 saturated heterocycles. The van der Waals surface area contributed by atoms with E-state index in [0.29, 0.717) is 12.0 Å². The van der Waals surface area contributed by atoms with Gasteiger partial charge in [0.1, 0.15) is 0 Å². The Morgan fingerprint density at radius 1 is 1.44 bits per heavy atom. The van der Waals surface area contributed by atoms with Crippen LogP contribution in [0.5, 0.6) is 0 Å². The predicted octanol–water partition coefficient (Wildman–Crippen LogP) is 2.20. The fourth-order valence-electron chi connectivity index (χ4n) is 2.62. The molecule has 0 saturated carbocycles. The summed E-state index contributed by atoms with van der Waals surface area (Å²) in [6, 6.07) is 0.741. The summed E-state index contributed by atoms with van der Waals surface area (Å²) in [6.45, 7) is 10.8. The maximum absolute atomic E-state index is 6.01. The number of rotatable bonds is 4. The molecule has 1 aromatic rings. The first-order valence-corrected chi connectivity index (χ1v) is 7.11. The zero-order valence-corrected chi connectivity index (χ0v) is 12.1. The highest BCUT2D eigenvalue weighted by atomic mass is 15.3. The molecule has 1 aliphatic rings. The lowest BCUT2D eigenvalue weighted by molar-refractivity contribution is 0.486. The second kappa shape index (κ2) is 5.31. The van der Waals surface area contributed by atoms with E-state index in [4.69, 9.17) is 10.7 Å². The summed E-state index contributed by atoms with van der Waals surface area (Å²) in [5, 5.41) is 0. The SMILES string of the molecule is CCc1cn(C(C)C)c(N2CCC(C(C)N)C2)n1. The summed E-state index contributed by atoms with van der Waals surface area (Å²) in [5.74, 6) is 1.73. The first-order valence-electron chi connectivity index (χ1n) is 7.11. The molecule has 2 heterocycles. The molecule has 1 aromatic heterocycles. The summed E-state index contributed by atoms with van der Waals surface area (Å²) in [6.07, 6.45) is 4.38. The van der Waals surface area contributed by atoms with Gasteiger partial charge < -0.3 is 15.2 Å². The van der Waals surface area contributed by atoms with Gasteiger partial charge in [0.15, 0.2) is 0 Å². The third-order valence-corrected chi connectivity index (χ3v) is 3.93. The quantitative estimate of drug-likeness (QED) is 0.891. The number of aryl methyl sites for hydroxylation is 1. The van der Waals surface area contributed by atoms with Gasteiger partial charge in [0, 0.05) is 31.4 Å². The van der Waals surface area contributed by atoms with Gasteiger partial charge in [-0.05, 0) is 39.5 Å². The van der Waals surface area contributed by atoms with Crippen LogP contribution in [-0.4, -0.2) is 28.7 Å². The lowest BCUT2D eigenvalue weighted by Gasteiger charge is -2.21. The van der Waals surface area contributed by atoms with Gasteiger partial charge in [0.05, 0.1) is 5.69 Å². The number of imidazole rings is 1. The standard InChI is InChI=1S/C14H26N4/c1-5-13-9-18(10(2)3)14(16-13)17-7-6-12(8-17)11(4)15/h9-12H,5-8,15H2,1-4H3. The minimum absolute atomic E-state index is 0.281. The van der Waals surface area contributed by atoms with Crippen LogP contribution in [0, 0.1) is 5.92 Å². The molecular weight excluding hydrogens is 224 g/mol. The van der Waals surface area contributed by atoms with Crippen molar-refractivity contribution in [2.45, 2.75) is 52.6 Å². The van der Waals surface area contributed by atoms with E-state index in [9.17, 15) is 0 Å². The first-order chi connectivity index (χ1) is 8.52. The summed E-state index contributed by atoms with van der Waals surface area (Å²) in [4.78, 5) is 7.17. The predicted molar refractivity (Wildman–Crippen MR) is 76.0 cm³/mol. The average molecular weight is 250 g/mol. The Bertz CT molecular complexity index is 394. The van der Waals surface area contributed by atoms with Crippen molar-refractivity contribution >= 4 is 5.95 Å². The molecule has 0 bridgehead atoms. The van der Waals surface area contributed by atoms with Gasteiger partial charge >= 0.3 is 0 Å². The monoisotopic (exact) mass is 250 g/mol. The summed E-state index contributed by atoms with van der Waals surface area (Å²) in [5.41, 5.74) is 7.20. The van der Waals surface area contributed by atoms with Crippen molar-refractivity contribution in [2.24, 2.45) is 11.7 Å². The molecule has 0 aromatic carbocycles. The largest absolute Gasteiger partial charge is 0.342 e. The van der Waals surface area contributed by atoms with E-state index in [1.165, 1.54) is 12.1 Å². The molecular formula is C14H26N4. The number of hydrogen-bond donors (Lipinski definition) is 1. The van der Waals surface area contributed by atoms with Crippen molar-refractivity contribution in [1.29, 1.82) is 0 Å². The van der Waals surface area contributed by atoms with Crippen LogP contribution in [0.3, 0.4) is 0 Å². The van der Waals surface area contributed by atoms with Gasteiger partial charge in [0.25, 0.3) is 0 Å². The third kappa shape index (κ3) is 2.53. The Morgan fingerprint density at radius 2 is 2.17 bits per heavy atom. The highest BCUT2D eigenvalue weighted by Gasteiger charge is 2.28. The second-order valence-electron chi connectivity index (χ2n) is 5.74. The maximum Gasteiger partial charge on any atom is 0.205 e. The second-order valence-corrected chi connectivity index (χ2v) is 5.74. The number of anilines is 1. The van der Waals surface area contributed by atoms with Crippen molar-refractivity contribution in [3.8, 4) is 0 Å². The van der Waals surface area contributed by atoms with Crippen molar-refractivity contribution in [3.63, 3.8) is 0 Å². The molecule has 4 nitrogen and oxygen atoms in total. The lowest BCUT2D eigenvalue weighted by atomic mass is 10.0. The molecule has 2 rings (SSSR count). The van der Waals surface area contributed by atoms with Crippen molar-refractivity contribution in [1.82, 2.24) is 9.55 Å². The first kappa shape index (κ1) is 13.4. The van der Waals surface area contributed by atoms with Gasteiger partial charge in [-0.3, -0.25) is 0 Å². The molecule has 2 atom stereocenters. The van der Waals surface area contributed by atoms with Gasteiger partial charge in [-0.1, -0.05) is 6.92 Å². The zero-order valence-electron chi connectivity index (χ0n) is 12.1. The Morgan fingerprint density at radius 3 is 2.67 bits per heavy atom. The van der Waals surface area contributed by atoms with Crippen LogP contribution in [-0.2, 0) is 6.42 Å². The molecule has 1 fully saturated rings. The smallest absolute Gasteiger partial charge is 0.205 e. The van der Waals surface area contributed by atoms with E-state index in [2.05, 4.69) is 43.4 Å². The molecule has 0 amide bonds. The fourth-order valence-corrected chi connectivity index (χ4v) is 2.62. The zero-order chi connectivity index (χ0) is 13.3. The van der Waals surface area contributed by atoms with E-state index < -0.39 is 0 Å². The molecule has 2 unspecified atom stereocenters. The van der Waals surface area contributed by atoms with Crippen molar-refractivity contribution in [2.75, 3.05) is 18.0 Å². The highest BCUT2D eigenvalue weighted by Crippen LogP contribution is 2.27. The van der Waals surface area contributed by atoms with E-state index in [1.54, 1.807) is 0 Å². The molecule has 2 N–H and O–H groups in total. The number of aromatic nitrogens is 2. The Labute approximate surface area is 110 Å². The Hall–Kier alpha value is -1.03. The Balaban J connectivity index is 2.20. The van der Waals surface area contributed by atoms with E-state index in [0.717, 1.165) is 25.5 Å². The minimum atomic E-state index is 0.281. The number of nitrogens with zero attached hydrogens (tertiary/aromatic N) is 3. The van der Waals surface area contributed by atoms with Crippen molar-refractivity contribution in [3.05, 3.63) is 11.9 Å². The summed E-state index contributed by atoms with van der Waals surface area (Å²) in [7, 11) is 0. The van der Waals surface area contributed by atoms with E-state index in [-0.39, 0.29) is 6.04 Å². The van der Waals surface area contributed by atoms with E-state index >= 15 is 0 Å². The summed E-state index contributed by atoms with van der Waals surface area (Å²) < 4.78 is 2.29. The van der Waals surface area contributed by atoms with Gasteiger partial charge in [-0.25, -0.2) is 4.98 Å². The van der Waals surface area contributed by atoms with E-state index in [1.807, 2.05) is 0 Å². The van der Waals surface area contributed by atoms with Crippen LogP contribution >= 0.6 is 0 Å². The van der Waals surface area contributed by atoms with Gasteiger partial charge in [-0.15, -0.1) is 0 Å². The lowest BCUT2D eigenvalue weighted by Crippen LogP contribution is -2.30. The number of nitrogens with two attached hydrogens (primary N) is 1. The van der Waals surface area contributed by atoms with Crippen molar-refractivity contribution < 1.29 is 0 Å². The van der Waals surface area contributed by atoms with Crippen LogP contribution in [0.2, 0.25) is 0 Å². The molecule has 1 aliphatic heterocycles. The van der Waals surface area contributed by atoms with Crippen LogP contribution in [0.15, 0.2) is 6.20 Å². The maximum atomic E-state index is 6.01. The molecule has 0 aliphatic carbocycles. The van der Waals surface area contributed by atoms with Crippen LogP contribution in [0.1, 0.15) is 45.9 Å². The molecule has 4 heteroatoms. The van der Waals surface area contributed by atoms with Crippen LogP contribution in [0.25, 0.3) is 0 Å². The topological polar surface area (TPSA) is 47.1 Å². The number of hydrogen-bond acceptors (Lipinski definition) is 3. The molecule has 0 spiro atoms. The van der Waals surface area contributed by atoms with Crippen LogP contribution < -0.4 is 10.6 Å². The Kier molecular flexibility index (Phi) is 3.95. The normalized spacial score (nSPS) is 21.9. The average Bonchev–Trinajstić information content (AvgIpc) is 2.95. The van der Waals surface area contributed by atoms with Gasteiger partial charge in [0.2, 0.25) is 5.95 Å². The minimum Gasteiger partial charge on any atom is -0.342 e. The van der Waals surface area contributed by atoms with Crippen LogP contribution in [0.4, 0.5) is 5.95 Å². The summed E-state index contributed by atoms with van der Waals surface area (Å²) >= 11 is 0. The molecule has 0 radical (unpaired) electrons. The molecule has 18 heavy (non-hydrogen) atoms. The highest BCUT2D eigenvalue weighted by molar-refractivity contribution is 5.36. The van der Waals surface area contributed by atoms with Gasteiger partial charge in [-0.2, -0.15) is 0 Å². The third-order valence-electron chi connectivity index (χ3n) is 3.93.